The van der Waals surface area contributed by atoms with Crippen LogP contribution in [0.5, 0.6) is 5.75 Å². The van der Waals surface area contributed by atoms with Crippen molar-refractivity contribution < 1.29 is 26.9 Å². The molecule has 0 spiro atoms. The maximum atomic E-state index is 12.6. The van der Waals surface area contributed by atoms with E-state index < -0.39 is 27.1 Å². The van der Waals surface area contributed by atoms with Crippen molar-refractivity contribution in [1.82, 2.24) is 0 Å². The monoisotopic (exact) mass is 427 g/mol. The van der Waals surface area contributed by atoms with Gasteiger partial charge in [0, 0.05) is 37.1 Å². The third-order valence-electron chi connectivity index (χ3n) is 4.54. The molecule has 0 aromatic heterocycles. The van der Waals surface area contributed by atoms with E-state index >= 15 is 0 Å². The van der Waals surface area contributed by atoms with Gasteiger partial charge in [-0.15, -0.1) is 0 Å². The standard InChI is InChI=1S/C18H19F2N3O5S/c1-29(26,27)17-10-12(6-7-15(17)23(24)25)21-13-8-9-22(11-13)14-4-2-3-5-16(14)28-18(19)20/h2-7,10,13,18,21H,8-9,11H2,1H3. The van der Waals surface area contributed by atoms with Crippen molar-refractivity contribution in [2.24, 2.45) is 0 Å². The Morgan fingerprint density at radius 2 is 2.00 bits per heavy atom. The van der Waals surface area contributed by atoms with Crippen LogP contribution in [-0.2, 0) is 9.84 Å². The predicted molar refractivity (Wildman–Crippen MR) is 104 cm³/mol. The second kappa shape index (κ2) is 8.19. The van der Waals surface area contributed by atoms with Gasteiger partial charge in [0.2, 0.25) is 0 Å². The van der Waals surface area contributed by atoms with Gasteiger partial charge in [-0.3, -0.25) is 10.1 Å². The Kier molecular flexibility index (Phi) is 5.87. The van der Waals surface area contributed by atoms with Crippen molar-refractivity contribution in [2.45, 2.75) is 24.0 Å². The molecule has 1 saturated heterocycles. The van der Waals surface area contributed by atoms with Gasteiger partial charge in [-0.2, -0.15) is 8.78 Å². The summed E-state index contributed by atoms with van der Waals surface area (Å²) in [6.45, 7) is -1.88. The Balaban J connectivity index is 1.77. The van der Waals surface area contributed by atoms with Gasteiger partial charge >= 0.3 is 6.61 Å². The minimum absolute atomic E-state index is 0.0813. The van der Waals surface area contributed by atoms with E-state index in [2.05, 4.69) is 10.1 Å². The number of halogens is 2. The molecular weight excluding hydrogens is 408 g/mol. The number of nitro benzene ring substituents is 1. The summed E-state index contributed by atoms with van der Waals surface area (Å²) >= 11 is 0. The Hall–Kier alpha value is -2.95. The largest absolute Gasteiger partial charge is 0.433 e. The van der Waals surface area contributed by atoms with E-state index in [-0.39, 0.29) is 16.7 Å². The fraction of sp³-hybridized carbons (Fsp3) is 0.333. The summed E-state index contributed by atoms with van der Waals surface area (Å²) in [4.78, 5) is 11.9. The summed E-state index contributed by atoms with van der Waals surface area (Å²) < 4.78 is 53.6. The Labute approximate surface area is 166 Å². The number of para-hydroxylation sites is 2. The zero-order valence-electron chi connectivity index (χ0n) is 15.4. The normalized spacial score (nSPS) is 16.8. The van der Waals surface area contributed by atoms with Gasteiger partial charge in [0.1, 0.15) is 10.6 Å². The van der Waals surface area contributed by atoms with Crippen molar-refractivity contribution in [3.05, 3.63) is 52.6 Å². The fourth-order valence-corrected chi connectivity index (χ4v) is 4.16. The summed E-state index contributed by atoms with van der Waals surface area (Å²) in [5, 5.41) is 14.2. The number of alkyl halides is 2. The van der Waals surface area contributed by atoms with Crippen molar-refractivity contribution in [2.75, 3.05) is 29.6 Å². The van der Waals surface area contributed by atoms with Gasteiger partial charge in [0.15, 0.2) is 9.84 Å². The second-order valence-corrected chi connectivity index (χ2v) is 8.62. The molecule has 1 N–H and O–H groups in total. The van der Waals surface area contributed by atoms with Crippen LogP contribution in [-0.4, -0.2) is 45.3 Å². The van der Waals surface area contributed by atoms with E-state index in [1.807, 2.05) is 4.90 Å². The van der Waals surface area contributed by atoms with Crippen LogP contribution in [0.1, 0.15) is 6.42 Å². The number of ether oxygens (including phenoxy) is 1. The topological polar surface area (TPSA) is 102 Å². The van der Waals surface area contributed by atoms with Gasteiger partial charge < -0.3 is 15.0 Å². The summed E-state index contributed by atoms with van der Waals surface area (Å²) in [6.07, 6.45) is 1.57. The van der Waals surface area contributed by atoms with E-state index in [0.717, 1.165) is 12.3 Å². The van der Waals surface area contributed by atoms with Crippen LogP contribution in [0, 0.1) is 10.1 Å². The van der Waals surface area contributed by atoms with Crippen LogP contribution in [0.2, 0.25) is 0 Å². The molecule has 0 radical (unpaired) electrons. The number of nitrogens with zero attached hydrogens (tertiary/aromatic N) is 2. The number of anilines is 2. The van der Waals surface area contributed by atoms with Crippen LogP contribution in [0.4, 0.5) is 25.8 Å². The first kappa shape index (κ1) is 20.8. The van der Waals surface area contributed by atoms with Gasteiger partial charge in [-0.25, -0.2) is 8.42 Å². The van der Waals surface area contributed by atoms with Gasteiger partial charge in [0.05, 0.1) is 10.6 Å². The Morgan fingerprint density at radius 3 is 2.66 bits per heavy atom. The first-order valence-corrected chi connectivity index (χ1v) is 10.6. The third kappa shape index (κ3) is 4.91. The molecule has 2 aromatic rings. The lowest BCUT2D eigenvalue weighted by molar-refractivity contribution is -0.387. The fourth-order valence-electron chi connectivity index (χ4n) is 3.30. The molecule has 0 saturated carbocycles. The summed E-state index contributed by atoms with van der Waals surface area (Å²) in [7, 11) is -3.79. The molecule has 1 aliphatic rings. The van der Waals surface area contributed by atoms with Crippen LogP contribution in [0.3, 0.4) is 0 Å². The van der Waals surface area contributed by atoms with E-state index in [1.165, 1.54) is 18.2 Å². The highest BCUT2D eigenvalue weighted by Crippen LogP contribution is 2.33. The number of nitro groups is 1. The molecule has 1 unspecified atom stereocenters. The molecule has 8 nitrogen and oxygen atoms in total. The first-order valence-electron chi connectivity index (χ1n) is 8.69. The van der Waals surface area contributed by atoms with Crippen molar-refractivity contribution >= 4 is 26.9 Å². The van der Waals surface area contributed by atoms with Crippen LogP contribution in [0.25, 0.3) is 0 Å². The Bertz CT molecular complexity index is 1020. The maximum absolute atomic E-state index is 12.6. The number of sulfone groups is 1. The van der Waals surface area contributed by atoms with Gasteiger partial charge in [-0.05, 0) is 30.7 Å². The zero-order valence-corrected chi connectivity index (χ0v) is 16.2. The number of rotatable bonds is 7. The minimum atomic E-state index is -3.79. The molecule has 3 rings (SSSR count). The highest BCUT2D eigenvalue weighted by molar-refractivity contribution is 7.90. The summed E-state index contributed by atoms with van der Waals surface area (Å²) in [5.41, 5.74) is 0.488. The Morgan fingerprint density at radius 1 is 1.28 bits per heavy atom. The third-order valence-corrected chi connectivity index (χ3v) is 5.66. The molecule has 29 heavy (non-hydrogen) atoms. The molecule has 0 amide bonds. The molecule has 11 heteroatoms. The van der Waals surface area contributed by atoms with E-state index in [0.29, 0.717) is 30.9 Å². The number of benzene rings is 2. The van der Waals surface area contributed by atoms with Crippen molar-refractivity contribution in [3.8, 4) is 5.75 Å². The molecule has 0 bridgehead atoms. The van der Waals surface area contributed by atoms with E-state index in [4.69, 9.17) is 0 Å². The highest BCUT2D eigenvalue weighted by atomic mass is 32.2. The quantitative estimate of drug-likeness (QED) is 0.534. The van der Waals surface area contributed by atoms with Crippen molar-refractivity contribution in [3.63, 3.8) is 0 Å². The smallest absolute Gasteiger partial charge is 0.387 e. The van der Waals surface area contributed by atoms with Crippen LogP contribution < -0.4 is 15.0 Å². The lowest BCUT2D eigenvalue weighted by atomic mass is 10.2. The number of nitrogens with one attached hydrogen (secondary N) is 1. The van der Waals surface area contributed by atoms with Crippen LogP contribution in [0.15, 0.2) is 47.4 Å². The molecule has 156 valence electrons. The SMILES string of the molecule is CS(=O)(=O)c1cc(NC2CCN(c3ccccc3OC(F)F)C2)ccc1[N+](=O)[O-]. The number of hydrogen-bond acceptors (Lipinski definition) is 7. The maximum Gasteiger partial charge on any atom is 0.387 e. The minimum Gasteiger partial charge on any atom is -0.433 e. The van der Waals surface area contributed by atoms with Crippen LogP contribution >= 0.6 is 0 Å². The molecule has 1 heterocycles. The van der Waals surface area contributed by atoms with Gasteiger partial charge in [0.25, 0.3) is 5.69 Å². The molecule has 1 atom stereocenters. The number of hydrogen-bond donors (Lipinski definition) is 1. The lowest BCUT2D eigenvalue weighted by Crippen LogP contribution is -2.26. The van der Waals surface area contributed by atoms with E-state index in [9.17, 15) is 27.3 Å². The first-order chi connectivity index (χ1) is 13.6. The molecule has 0 aliphatic carbocycles. The predicted octanol–water partition coefficient (Wildman–Crippen LogP) is 3.29. The molecular formula is C18H19F2N3O5S. The summed E-state index contributed by atoms with van der Waals surface area (Å²) in [6, 6.07) is 10.2. The van der Waals surface area contributed by atoms with Crippen molar-refractivity contribution in [1.29, 1.82) is 0 Å². The molecule has 1 fully saturated rings. The zero-order chi connectivity index (χ0) is 21.2. The lowest BCUT2D eigenvalue weighted by Gasteiger charge is -2.22. The average molecular weight is 427 g/mol. The van der Waals surface area contributed by atoms with E-state index in [1.54, 1.807) is 18.2 Å². The average Bonchev–Trinajstić information content (AvgIpc) is 3.09. The van der Waals surface area contributed by atoms with Gasteiger partial charge in [-0.1, -0.05) is 12.1 Å². The second-order valence-electron chi connectivity index (χ2n) is 6.63. The molecule has 1 aliphatic heterocycles. The summed E-state index contributed by atoms with van der Waals surface area (Å²) in [5.74, 6) is 0.0813. The highest BCUT2D eigenvalue weighted by Gasteiger charge is 2.27. The molecule has 2 aromatic carbocycles.